The Morgan fingerprint density at radius 1 is 1.37 bits per heavy atom. The van der Waals surface area contributed by atoms with E-state index >= 15 is 0 Å². The largest absolute Gasteiger partial charge is 0.481 e. The maximum Gasteiger partial charge on any atom is 0.311 e. The Bertz CT molecular complexity index is 483. The molecule has 1 heterocycles. The van der Waals surface area contributed by atoms with Gasteiger partial charge in [0.15, 0.2) is 0 Å². The van der Waals surface area contributed by atoms with Crippen LogP contribution < -0.4 is 5.32 Å². The standard InChI is InChI=1S/C12H15Cl2NO3S/c1-3-12(4-2,11(17)18)6-15-10(16)7-5-8(13)19-9(7)14/h5H,3-4,6H2,1-2H3,(H,15,16)(H,17,18). The molecule has 7 heteroatoms. The second kappa shape index (κ2) is 6.59. The summed E-state index contributed by atoms with van der Waals surface area (Å²) in [7, 11) is 0. The van der Waals surface area contributed by atoms with E-state index in [0.29, 0.717) is 21.5 Å². The van der Waals surface area contributed by atoms with Crippen molar-refractivity contribution in [3.8, 4) is 0 Å². The highest BCUT2D eigenvalue weighted by atomic mass is 35.5. The van der Waals surface area contributed by atoms with Crippen LogP contribution in [0.25, 0.3) is 0 Å². The molecule has 0 aliphatic rings. The Morgan fingerprint density at radius 3 is 2.32 bits per heavy atom. The van der Waals surface area contributed by atoms with Crippen molar-refractivity contribution in [2.75, 3.05) is 6.54 Å². The first kappa shape index (κ1) is 16.3. The molecule has 0 aliphatic heterocycles. The fraction of sp³-hybridized carbons (Fsp3) is 0.500. The molecule has 0 saturated carbocycles. The fourth-order valence-corrected chi connectivity index (χ4v) is 3.18. The smallest absolute Gasteiger partial charge is 0.311 e. The predicted octanol–water partition coefficient (Wildman–Crippen LogP) is 3.68. The van der Waals surface area contributed by atoms with Gasteiger partial charge in [-0.2, -0.15) is 0 Å². The Morgan fingerprint density at radius 2 is 1.95 bits per heavy atom. The highest BCUT2D eigenvalue weighted by Gasteiger charge is 2.35. The summed E-state index contributed by atoms with van der Waals surface area (Å²) in [4.78, 5) is 23.2. The second-order valence-corrected chi connectivity index (χ2v) is 6.50. The van der Waals surface area contributed by atoms with Crippen molar-refractivity contribution in [3.05, 3.63) is 20.3 Å². The molecule has 1 amide bonds. The van der Waals surface area contributed by atoms with Crippen molar-refractivity contribution in [2.45, 2.75) is 26.7 Å². The number of aliphatic carboxylic acids is 1. The van der Waals surface area contributed by atoms with E-state index in [-0.39, 0.29) is 12.1 Å². The molecule has 0 bridgehead atoms. The molecule has 1 aromatic heterocycles. The normalized spacial score (nSPS) is 11.4. The summed E-state index contributed by atoms with van der Waals surface area (Å²) >= 11 is 12.7. The first-order chi connectivity index (χ1) is 8.86. The van der Waals surface area contributed by atoms with Crippen LogP contribution in [0.15, 0.2) is 6.07 Å². The van der Waals surface area contributed by atoms with Crippen LogP contribution in [0.1, 0.15) is 37.0 Å². The van der Waals surface area contributed by atoms with Gasteiger partial charge in [-0.3, -0.25) is 9.59 Å². The van der Waals surface area contributed by atoms with Crippen LogP contribution in [0.3, 0.4) is 0 Å². The molecule has 19 heavy (non-hydrogen) atoms. The van der Waals surface area contributed by atoms with Gasteiger partial charge in [0.25, 0.3) is 5.91 Å². The molecule has 4 nitrogen and oxygen atoms in total. The van der Waals surface area contributed by atoms with Crippen LogP contribution in [-0.2, 0) is 4.79 Å². The van der Waals surface area contributed by atoms with Crippen LogP contribution in [0, 0.1) is 5.41 Å². The van der Waals surface area contributed by atoms with E-state index in [9.17, 15) is 14.7 Å². The molecule has 106 valence electrons. The Labute approximate surface area is 125 Å². The minimum Gasteiger partial charge on any atom is -0.481 e. The molecule has 1 rings (SSSR count). The number of carboxylic acid groups (broad SMARTS) is 1. The van der Waals surface area contributed by atoms with Crippen molar-refractivity contribution in [1.29, 1.82) is 0 Å². The van der Waals surface area contributed by atoms with E-state index in [0.717, 1.165) is 11.3 Å². The van der Waals surface area contributed by atoms with Crippen LogP contribution in [0.5, 0.6) is 0 Å². The van der Waals surface area contributed by atoms with Gasteiger partial charge in [-0.1, -0.05) is 37.0 Å². The Kier molecular flexibility index (Phi) is 5.64. The topological polar surface area (TPSA) is 66.4 Å². The number of carboxylic acids is 1. The molecule has 0 radical (unpaired) electrons. The molecule has 0 aromatic carbocycles. The van der Waals surface area contributed by atoms with Crippen LogP contribution >= 0.6 is 34.5 Å². The SMILES string of the molecule is CCC(CC)(CNC(=O)c1cc(Cl)sc1Cl)C(=O)O. The summed E-state index contributed by atoms with van der Waals surface area (Å²) in [6.07, 6.45) is 0.883. The van der Waals surface area contributed by atoms with Gasteiger partial charge in [0, 0.05) is 6.54 Å². The minimum absolute atomic E-state index is 0.0674. The summed E-state index contributed by atoms with van der Waals surface area (Å²) in [5, 5.41) is 11.9. The Balaban J connectivity index is 2.78. The molecule has 0 atom stereocenters. The number of rotatable bonds is 6. The molecule has 2 N–H and O–H groups in total. The van der Waals surface area contributed by atoms with E-state index < -0.39 is 17.3 Å². The molecule has 0 unspecified atom stereocenters. The summed E-state index contributed by atoms with van der Waals surface area (Å²) in [6, 6.07) is 1.48. The third kappa shape index (κ3) is 3.61. The second-order valence-electron chi connectivity index (χ2n) is 4.21. The van der Waals surface area contributed by atoms with Gasteiger partial charge >= 0.3 is 5.97 Å². The van der Waals surface area contributed by atoms with Crippen LogP contribution in [-0.4, -0.2) is 23.5 Å². The van der Waals surface area contributed by atoms with Gasteiger partial charge in [0.1, 0.15) is 4.34 Å². The van der Waals surface area contributed by atoms with E-state index in [1.165, 1.54) is 6.07 Å². The van der Waals surface area contributed by atoms with Crippen molar-refractivity contribution in [3.63, 3.8) is 0 Å². The number of nitrogens with one attached hydrogen (secondary N) is 1. The number of hydrogen-bond acceptors (Lipinski definition) is 3. The highest BCUT2D eigenvalue weighted by Crippen LogP contribution is 2.31. The zero-order chi connectivity index (χ0) is 14.6. The van der Waals surface area contributed by atoms with Crippen molar-refractivity contribution < 1.29 is 14.7 Å². The van der Waals surface area contributed by atoms with Gasteiger partial charge in [-0.15, -0.1) is 11.3 Å². The van der Waals surface area contributed by atoms with Gasteiger partial charge in [-0.05, 0) is 18.9 Å². The number of thiophene rings is 1. The first-order valence-corrected chi connectivity index (χ1v) is 7.40. The summed E-state index contributed by atoms with van der Waals surface area (Å²) in [5.41, 5.74) is -0.662. The lowest BCUT2D eigenvalue weighted by molar-refractivity contribution is -0.149. The lowest BCUT2D eigenvalue weighted by Gasteiger charge is -2.26. The third-order valence-corrected chi connectivity index (χ3v) is 4.78. The molecular formula is C12H15Cl2NO3S. The number of amides is 1. The Hall–Kier alpha value is -0.780. The van der Waals surface area contributed by atoms with E-state index in [4.69, 9.17) is 23.2 Å². The van der Waals surface area contributed by atoms with Gasteiger partial charge in [0.2, 0.25) is 0 Å². The average molecular weight is 324 g/mol. The minimum atomic E-state index is -0.943. The predicted molar refractivity (Wildman–Crippen MR) is 77.3 cm³/mol. The van der Waals surface area contributed by atoms with E-state index in [1.54, 1.807) is 13.8 Å². The molecule has 0 saturated heterocycles. The number of carbonyl (C=O) groups is 2. The monoisotopic (exact) mass is 323 g/mol. The van der Waals surface area contributed by atoms with E-state index in [2.05, 4.69) is 5.32 Å². The number of halogens is 2. The summed E-state index contributed by atoms with van der Waals surface area (Å²) in [5.74, 6) is -1.31. The molecule has 0 spiro atoms. The molecule has 1 aromatic rings. The first-order valence-electron chi connectivity index (χ1n) is 5.82. The van der Waals surface area contributed by atoms with Crippen molar-refractivity contribution in [2.24, 2.45) is 5.41 Å². The number of carbonyl (C=O) groups excluding carboxylic acids is 1. The lowest BCUT2D eigenvalue weighted by atomic mass is 9.82. The van der Waals surface area contributed by atoms with Gasteiger partial charge < -0.3 is 10.4 Å². The third-order valence-electron chi connectivity index (χ3n) is 3.30. The van der Waals surface area contributed by atoms with E-state index in [1.807, 2.05) is 0 Å². The zero-order valence-corrected chi connectivity index (χ0v) is 13.0. The fourth-order valence-electron chi connectivity index (χ4n) is 1.72. The molecular weight excluding hydrogens is 309 g/mol. The summed E-state index contributed by atoms with van der Waals surface area (Å²) < 4.78 is 0.724. The van der Waals surface area contributed by atoms with Crippen molar-refractivity contribution in [1.82, 2.24) is 5.32 Å². The zero-order valence-electron chi connectivity index (χ0n) is 10.6. The highest BCUT2D eigenvalue weighted by molar-refractivity contribution is 7.20. The van der Waals surface area contributed by atoms with Gasteiger partial charge in [0.05, 0.1) is 15.3 Å². The average Bonchev–Trinajstić information content (AvgIpc) is 2.69. The lowest BCUT2D eigenvalue weighted by Crippen LogP contribution is -2.42. The van der Waals surface area contributed by atoms with Crippen molar-refractivity contribution >= 4 is 46.4 Å². The molecule has 0 fully saturated rings. The molecule has 0 aliphatic carbocycles. The quantitative estimate of drug-likeness (QED) is 0.839. The van der Waals surface area contributed by atoms with Crippen LogP contribution in [0.4, 0.5) is 0 Å². The summed E-state index contributed by atoms with van der Waals surface area (Å²) in [6.45, 7) is 3.65. The van der Waals surface area contributed by atoms with Crippen LogP contribution in [0.2, 0.25) is 8.67 Å². The number of hydrogen-bond donors (Lipinski definition) is 2. The van der Waals surface area contributed by atoms with Gasteiger partial charge in [-0.25, -0.2) is 0 Å². The maximum atomic E-state index is 11.9. The maximum absolute atomic E-state index is 11.9.